The number of rotatable bonds is 4. The Hall–Kier alpha value is -3.77. The van der Waals surface area contributed by atoms with Crippen LogP contribution in [0.4, 0.5) is 5.69 Å². The van der Waals surface area contributed by atoms with Crippen molar-refractivity contribution < 1.29 is 4.79 Å². The highest BCUT2D eigenvalue weighted by molar-refractivity contribution is 7.99. The zero-order valence-electron chi connectivity index (χ0n) is 16.5. The van der Waals surface area contributed by atoms with Crippen LogP contribution in [0.3, 0.4) is 0 Å². The van der Waals surface area contributed by atoms with Crippen LogP contribution in [-0.2, 0) is 4.79 Å². The quantitative estimate of drug-likeness (QED) is 0.515. The van der Waals surface area contributed by atoms with Gasteiger partial charge in [-0.3, -0.25) is 9.48 Å². The van der Waals surface area contributed by atoms with Crippen LogP contribution in [0.5, 0.6) is 0 Å². The fourth-order valence-electron chi connectivity index (χ4n) is 3.79. The minimum atomic E-state index is 0.0524. The fraction of sp³-hybridized carbons (Fsp3) is 0.182. The molecule has 1 atom stereocenters. The van der Waals surface area contributed by atoms with Crippen LogP contribution in [0, 0.1) is 11.3 Å². The number of hydrogen-bond donors (Lipinski definition) is 2. The molecule has 4 heterocycles. The molecule has 0 bridgehead atoms. The highest BCUT2D eigenvalue weighted by Gasteiger charge is 2.22. The Kier molecular flexibility index (Phi) is 4.84. The summed E-state index contributed by atoms with van der Waals surface area (Å²) in [6, 6.07) is 11.8. The molecule has 0 aliphatic carbocycles. The number of aromatic nitrogens is 4. The number of nitrogens with zero attached hydrogens (tertiary/aromatic N) is 5. The first kappa shape index (κ1) is 19.2. The lowest BCUT2D eigenvalue weighted by Gasteiger charge is -2.22. The lowest BCUT2D eigenvalue weighted by atomic mass is 10.1. The number of nitrogen functional groups attached to an aromatic ring is 1. The van der Waals surface area contributed by atoms with Gasteiger partial charge in [0.15, 0.2) is 0 Å². The number of nitriles is 1. The van der Waals surface area contributed by atoms with Gasteiger partial charge in [-0.25, -0.2) is 4.52 Å². The van der Waals surface area contributed by atoms with Crippen molar-refractivity contribution in [1.82, 2.24) is 24.7 Å². The molecule has 1 aliphatic heterocycles. The molecule has 154 valence electrons. The zero-order valence-corrected chi connectivity index (χ0v) is 17.3. The van der Waals surface area contributed by atoms with E-state index in [0.29, 0.717) is 24.2 Å². The van der Waals surface area contributed by atoms with Crippen LogP contribution in [0.1, 0.15) is 24.4 Å². The number of piperidine rings is 1. The number of benzene rings is 1. The van der Waals surface area contributed by atoms with Crippen molar-refractivity contribution in [2.75, 3.05) is 12.3 Å². The van der Waals surface area contributed by atoms with Gasteiger partial charge in [0.05, 0.1) is 29.7 Å². The highest BCUT2D eigenvalue weighted by Crippen LogP contribution is 2.37. The normalized spacial score (nSPS) is 16.2. The van der Waals surface area contributed by atoms with Crippen molar-refractivity contribution in [2.24, 2.45) is 0 Å². The number of amides is 1. The third kappa shape index (κ3) is 3.62. The maximum Gasteiger partial charge on any atom is 0.222 e. The van der Waals surface area contributed by atoms with E-state index in [0.717, 1.165) is 32.9 Å². The van der Waals surface area contributed by atoms with E-state index in [2.05, 4.69) is 21.6 Å². The molecule has 5 rings (SSSR count). The molecule has 3 N–H and O–H groups in total. The molecule has 1 saturated heterocycles. The van der Waals surface area contributed by atoms with Crippen LogP contribution in [0.2, 0.25) is 0 Å². The molecular formula is C22H19N7OS. The standard InChI is InChI=1S/C22H19N7OS/c23-9-14-3-1-2-4-19(14)31-20-7-15(12-29-22(20)18(24)11-27-29)16-10-26-28(13-16)17-5-6-25-21(30)8-17/h1-4,7,10-13,17H,5-6,8,24H2,(H,25,30)/t17-/m1/s1. The van der Waals surface area contributed by atoms with Crippen molar-refractivity contribution in [3.63, 3.8) is 0 Å². The second-order valence-corrected chi connectivity index (χ2v) is 8.49. The van der Waals surface area contributed by atoms with Crippen LogP contribution in [0.15, 0.2) is 64.9 Å². The summed E-state index contributed by atoms with van der Waals surface area (Å²) in [6.07, 6.45) is 8.60. The van der Waals surface area contributed by atoms with Gasteiger partial charge in [0.25, 0.3) is 0 Å². The Morgan fingerprint density at radius 3 is 2.87 bits per heavy atom. The van der Waals surface area contributed by atoms with Gasteiger partial charge < -0.3 is 11.1 Å². The number of carbonyl (C=O) groups is 1. The minimum Gasteiger partial charge on any atom is -0.396 e. The van der Waals surface area contributed by atoms with Gasteiger partial charge in [0, 0.05) is 46.3 Å². The largest absolute Gasteiger partial charge is 0.396 e. The summed E-state index contributed by atoms with van der Waals surface area (Å²) in [4.78, 5) is 13.5. The van der Waals surface area contributed by atoms with Gasteiger partial charge in [-0.15, -0.1) is 0 Å². The van der Waals surface area contributed by atoms with Gasteiger partial charge in [-0.05, 0) is 24.6 Å². The van der Waals surface area contributed by atoms with Crippen molar-refractivity contribution in [2.45, 2.75) is 28.7 Å². The molecule has 3 aromatic heterocycles. The first-order valence-electron chi connectivity index (χ1n) is 9.87. The lowest BCUT2D eigenvalue weighted by Crippen LogP contribution is -2.34. The predicted octanol–water partition coefficient (Wildman–Crippen LogP) is 3.25. The van der Waals surface area contributed by atoms with E-state index < -0.39 is 0 Å². The van der Waals surface area contributed by atoms with E-state index in [1.165, 1.54) is 11.8 Å². The average molecular weight is 430 g/mol. The SMILES string of the molecule is N#Cc1ccccc1Sc1cc(-c2cnn([C@@H]3CCNC(=O)C3)c2)cn2ncc(N)c12. The average Bonchev–Trinajstić information content (AvgIpc) is 3.42. The lowest BCUT2D eigenvalue weighted by molar-refractivity contribution is -0.123. The van der Waals surface area contributed by atoms with Gasteiger partial charge in [-0.1, -0.05) is 23.9 Å². The van der Waals surface area contributed by atoms with Gasteiger partial charge in [0.1, 0.15) is 11.6 Å². The van der Waals surface area contributed by atoms with E-state index in [9.17, 15) is 10.1 Å². The highest BCUT2D eigenvalue weighted by atomic mass is 32.2. The Balaban J connectivity index is 1.55. The second-order valence-electron chi connectivity index (χ2n) is 7.40. The number of hydrogen-bond acceptors (Lipinski definition) is 6. The molecule has 4 aromatic rings. The van der Waals surface area contributed by atoms with Gasteiger partial charge in [0.2, 0.25) is 5.91 Å². The van der Waals surface area contributed by atoms with E-state index >= 15 is 0 Å². The summed E-state index contributed by atoms with van der Waals surface area (Å²) in [6.45, 7) is 0.663. The summed E-state index contributed by atoms with van der Waals surface area (Å²) >= 11 is 1.49. The number of anilines is 1. The first-order valence-corrected chi connectivity index (χ1v) is 10.7. The monoisotopic (exact) mass is 429 g/mol. The van der Waals surface area contributed by atoms with E-state index in [4.69, 9.17) is 5.73 Å². The van der Waals surface area contributed by atoms with Crippen molar-refractivity contribution >= 4 is 28.9 Å². The maximum absolute atomic E-state index is 11.7. The fourth-order valence-corrected chi connectivity index (χ4v) is 4.89. The second kappa shape index (κ2) is 7.81. The third-order valence-corrected chi connectivity index (χ3v) is 6.47. The molecule has 1 aromatic carbocycles. The van der Waals surface area contributed by atoms with Crippen LogP contribution >= 0.6 is 11.8 Å². The first-order chi connectivity index (χ1) is 15.1. The smallest absolute Gasteiger partial charge is 0.222 e. The molecule has 0 radical (unpaired) electrons. The Labute approximate surface area is 182 Å². The summed E-state index contributed by atoms with van der Waals surface area (Å²) < 4.78 is 3.63. The third-order valence-electron chi connectivity index (χ3n) is 5.36. The Bertz CT molecular complexity index is 1330. The number of nitrogens with two attached hydrogens (primary N) is 1. The molecule has 8 nitrogen and oxygen atoms in total. The summed E-state index contributed by atoms with van der Waals surface area (Å²) in [5.41, 5.74) is 10.0. The van der Waals surface area contributed by atoms with Crippen LogP contribution in [0.25, 0.3) is 16.6 Å². The Morgan fingerprint density at radius 1 is 1.16 bits per heavy atom. The molecule has 0 saturated carbocycles. The maximum atomic E-state index is 11.7. The molecule has 31 heavy (non-hydrogen) atoms. The van der Waals surface area contributed by atoms with Crippen molar-refractivity contribution in [3.8, 4) is 17.2 Å². The van der Waals surface area contributed by atoms with E-state index in [-0.39, 0.29) is 11.9 Å². The topological polar surface area (TPSA) is 114 Å². The van der Waals surface area contributed by atoms with Crippen LogP contribution < -0.4 is 11.1 Å². The minimum absolute atomic E-state index is 0.0524. The number of fused-ring (bicyclic) bond motifs is 1. The zero-order chi connectivity index (χ0) is 21.4. The molecule has 1 amide bonds. The van der Waals surface area contributed by atoms with Gasteiger partial charge >= 0.3 is 0 Å². The summed E-state index contributed by atoms with van der Waals surface area (Å²) in [5.74, 6) is 0.0524. The molecular weight excluding hydrogens is 410 g/mol. The number of carbonyl (C=O) groups excluding carboxylic acids is 1. The summed E-state index contributed by atoms with van der Waals surface area (Å²) in [5, 5.41) is 21.2. The van der Waals surface area contributed by atoms with E-state index in [1.54, 1.807) is 23.0 Å². The number of nitrogens with one attached hydrogen (secondary N) is 1. The number of pyridine rings is 1. The van der Waals surface area contributed by atoms with Crippen molar-refractivity contribution in [3.05, 3.63) is 60.7 Å². The summed E-state index contributed by atoms with van der Waals surface area (Å²) in [7, 11) is 0. The predicted molar refractivity (Wildman–Crippen MR) is 117 cm³/mol. The van der Waals surface area contributed by atoms with Gasteiger partial charge in [-0.2, -0.15) is 15.5 Å². The molecule has 0 spiro atoms. The van der Waals surface area contributed by atoms with Crippen LogP contribution in [-0.4, -0.2) is 31.8 Å². The Morgan fingerprint density at radius 2 is 2.03 bits per heavy atom. The molecule has 1 aliphatic rings. The van der Waals surface area contributed by atoms with Crippen molar-refractivity contribution in [1.29, 1.82) is 5.26 Å². The van der Waals surface area contributed by atoms with E-state index in [1.807, 2.05) is 41.3 Å². The molecule has 1 fully saturated rings. The molecule has 9 heteroatoms. The molecule has 0 unspecified atom stereocenters.